The third-order valence-electron chi connectivity index (χ3n) is 2.83. The van der Waals surface area contributed by atoms with Crippen molar-refractivity contribution < 1.29 is 0 Å². The molecule has 1 rings (SSSR count). The van der Waals surface area contributed by atoms with E-state index in [1.54, 1.807) is 0 Å². The second-order valence-corrected chi connectivity index (χ2v) is 5.59. The van der Waals surface area contributed by atoms with E-state index in [1.807, 2.05) is 7.05 Å². The van der Waals surface area contributed by atoms with Crippen molar-refractivity contribution in [3.63, 3.8) is 0 Å². The molecule has 0 aliphatic rings. The SMILES string of the molecule is CNc1c(C(C)C)cc(SC#N)cc1C(C)C. The van der Waals surface area contributed by atoms with E-state index in [9.17, 15) is 0 Å². The molecule has 0 amide bonds. The summed E-state index contributed by atoms with van der Waals surface area (Å²) in [7, 11) is 1.96. The summed E-state index contributed by atoms with van der Waals surface area (Å²) in [6, 6.07) is 4.24. The van der Waals surface area contributed by atoms with Gasteiger partial charge in [-0.05, 0) is 46.9 Å². The fourth-order valence-corrected chi connectivity index (χ4v) is 2.45. The molecule has 2 nitrogen and oxygen atoms in total. The number of hydrogen-bond acceptors (Lipinski definition) is 3. The number of thiocyanates is 1. The molecular formula is C14H20N2S. The van der Waals surface area contributed by atoms with Gasteiger partial charge in [-0.1, -0.05) is 27.7 Å². The molecule has 0 spiro atoms. The molecule has 92 valence electrons. The monoisotopic (exact) mass is 248 g/mol. The van der Waals surface area contributed by atoms with Crippen LogP contribution in [-0.2, 0) is 0 Å². The quantitative estimate of drug-likeness (QED) is 0.627. The minimum absolute atomic E-state index is 0.453. The van der Waals surface area contributed by atoms with Crippen molar-refractivity contribution in [1.29, 1.82) is 5.26 Å². The van der Waals surface area contributed by atoms with Crippen LogP contribution in [0.4, 0.5) is 5.69 Å². The van der Waals surface area contributed by atoms with Crippen molar-refractivity contribution >= 4 is 17.4 Å². The van der Waals surface area contributed by atoms with Crippen molar-refractivity contribution in [2.45, 2.75) is 44.4 Å². The highest BCUT2D eigenvalue weighted by Gasteiger charge is 2.14. The van der Waals surface area contributed by atoms with Crippen molar-refractivity contribution in [3.05, 3.63) is 23.3 Å². The fraction of sp³-hybridized carbons (Fsp3) is 0.500. The highest BCUT2D eigenvalue weighted by molar-refractivity contribution is 8.03. The van der Waals surface area contributed by atoms with Crippen LogP contribution in [0.15, 0.2) is 17.0 Å². The minimum Gasteiger partial charge on any atom is -0.388 e. The zero-order valence-corrected chi connectivity index (χ0v) is 12.0. The Morgan fingerprint density at radius 1 is 1.12 bits per heavy atom. The van der Waals surface area contributed by atoms with Crippen LogP contribution in [0.25, 0.3) is 0 Å². The maximum atomic E-state index is 8.80. The number of benzene rings is 1. The maximum absolute atomic E-state index is 8.80. The molecule has 0 radical (unpaired) electrons. The first-order chi connectivity index (χ1) is 8.01. The third-order valence-corrected chi connectivity index (χ3v) is 3.39. The van der Waals surface area contributed by atoms with Crippen LogP contribution in [0.3, 0.4) is 0 Å². The van der Waals surface area contributed by atoms with Crippen LogP contribution in [0, 0.1) is 10.7 Å². The van der Waals surface area contributed by atoms with Gasteiger partial charge in [-0.2, -0.15) is 5.26 Å². The maximum Gasteiger partial charge on any atom is 0.138 e. The molecule has 1 aromatic carbocycles. The standard InChI is InChI=1S/C14H20N2S/c1-9(2)12-6-11(17-8-15)7-13(10(3)4)14(12)16-5/h6-7,9-10,16H,1-5H3. The van der Waals surface area contributed by atoms with Gasteiger partial charge in [0.05, 0.1) is 0 Å². The Labute approximate surface area is 108 Å². The van der Waals surface area contributed by atoms with Crippen LogP contribution in [0.2, 0.25) is 0 Å². The van der Waals surface area contributed by atoms with Gasteiger partial charge in [0.1, 0.15) is 5.40 Å². The van der Waals surface area contributed by atoms with Gasteiger partial charge in [-0.15, -0.1) is 0 Å². The molecule has 0 saturated heterocycles. The van der Waals surface area contributed by atoms with Crippen molar-refractivity contribution in [2.24, 2.45) is 0 Å². The number of nitriles is 1. The normalized spacial score (nSPS) is 10.7. The van der Waals surface area contributed by atoms with Gasteiger partial charge >= 0.3 is 0 Å². The average Bonchev–Trinajstić information content (AvgIpc) is 2.28. The van der Waals surface area contributed by atoms with Gasteiger partial charge < -0.3 is 5.32 Å². The summed E-state index contributed by atoms with van der Waals surface area (Å²) >= 11 is 1.24. The summed E-state index contributed by atoms with van der Waals surface area (Å²) in [5.41, 5.74) is 3.80. The van der Waals surface area contributed by atoms with Crippen molar-refractivity contribution in [3.8, 4) is 5.40 Å². The molecule has 0 fully saturated rings. The largest absolute Gasteiger partial charge is 0.388 e. The lowest BCUT2D eigenvalue weighted by Gasteiger charge is -2.20. The summed E-state index contributed by atoms with van der Waals surface area (Å²) in [6.45, 7) is 8.73. The average molecular weight is 248 g/mol. The molecular weight excluding hydrogens is 228 g/mol. The van der Waals surface area contributed by atoms with E-state index in [1.165, 1.54) is 28.6 Å². The van der Waals surface area contributed by atoms with Gasteiger partial charge in [0.2, 0.25) is 0 Å². The Morgan fingerprint density at radius 3 is 1.88 bits per heavy atom. The molecule has 0 unspecified atom stereocenters. The molecule has 0 heterocycles. The molecule has 0 bridgehead atoms. The summed E-state index contributed by atoms with van der Waals surface area (Å²) in [6.07, 6.45) is 0. The molecule has 0 aromatic heterocycles. The fourth-order valence-electron chi connectivity index (χ4n) is 1.97. The lowest BCUT2D eigenvalue weighted by molar-refractivity contribution is 0.830. The first kappa shape index (κ1) is 13.9. The minimum atomic E-state index is 0.453. The lowest BCUT2D eigenvalue weighted by atomic mass is 9.93. The first-order valence-electron chi connectivity index (χ1n) is 5.92. The van der Waals surface area contributed by atoms with Gasteiger partial charge in [0, 0.05) is 17.6 Å². The molecule has 1 aromatic rings. The Bertz CT molecular complexity index is 401. The number of nitrogens with one attached hydrogen (secondary N) is 1. The molecule has 3 heteroatoms. The van der Waals surface area contributed by atoms with E-state index in [4.69, 9.17) is 5.26 Å². The van der Waals surface area contributed by atoms with Gasteiger partial charge in [0.25, 0.3) is 0 Å². The van der Waals surface area contributed by atoms with Crippen LogP contribution in [0.5, 0.6) is 0 Å². The highest BCUT2D eigenvalue weighted by atomic mass is 32.2. The lowest BCUT2D eigenvalue weighted by Crippen LogP contribution is -2.04. The highest BCUT2D eigenvalue weighted by Crippen LogP contribution is 2.36. The number of nitrogens with zero attached hydrogens (tertiary/aromatic N) is 1. The first-order valence-corrected chi connectivity index (χ1v) is 6.74. The second kappa shape index (κ2) is 5.97. The van der Waals surface area contributed by atoms with Crippen LogP contribution < -0.4 is 5.32 Å². The predicted octanol–water partition coefficient (Wildman–Crippen LogP) is 4.55. The summed E-state index contributed by atoms with van der Waals surface area (Å²) in [5, 5.41) is 14.3. The van der Waals surface area contributed by atoms with E-state index in [2.05, 4.69) is 50.5 Å². The zero-order chi connectivity index (χ0) is 13.0. The van der Waals surface area contributed by atoms with Gasteiger partial charge in [0.15, 0.2) is 0 Å². The zero-order valence-electron chi connectivity index (χ0n) is 11.2. The van der Waals surface area contributed by atoms with Crippen LogP contribution in [0.1, 0.15) is 50.7 Å². The predicted molar refractivity (Wildman–Crippen MR) is 75.6 cm³/mol. The Kier molecular flexibility index (Phi) is 4.89. The van der Waals surface area contributed by atoms with Crippen LogP contribution >= 0.6 is 11.8 Å². The summed E-state index contributed by atoms with van der Waals surface area (Å²) < 4.78 is 0. The smallest absolute Gasteiger partial charge is 0.138 e. The topological polar surface area (TPSA) is 35.8 Å². The van der Waals surface area contributed by atoms with Gasteiger partial charge in [-0.25, -0.2) is 0 Å². The second-order valence-electron chi connectivity index (χ2n) is 4.73. The molecule has 1 N–H and O–H groups in total. The third kappa shape index (κ3) is 3.17. The Balaban J connectivity index is 3.41. The summed E-state index contributed by atoms with van der Waals surface area (Å²) in [5.74, 6) is 0.906. The van der Waals surface area contributed by atoms with E-state index in [0.29, 0.717) is 11.8 Å². The van der Waals surface area contributed by atoms with Crippen molar-refractivity contribution in [2.75, 3.05) is 12.4 Å². The van der Waals surface area contributed by atoms with Crippen molar-refractivity contribution in [1.82, 2.24) is 0 Å². The van der Waals surface area contributed by atoms with E-state index in [0.717, 1.165) is 4.90 Å². The number of anilines is 1. The number of rotatable bonds is 4. The molecule has 17 heavy (non-hydrogen) atoms. The van der Waals surface area contributed by atoms with E-state index < -0.39 is 0 Å². The molecule has 0 aliphatic heterocycles. The molecule has 0 aliphatic carbocycles. The number of hydrogen-bond donors (Lipinski definition) is 1. The van der Waals surface area contributed by atoms with Crippen LogP contribution in [-0.4, -0.2) is 7.05 Å². The van der Waals surface area contributed by atoms with E-state index >= 15 is 0 Å². The van der Waals surface area contributed by atoms with Gasteiger partial charge in [-0.3, -0.25) is 0 Å². The Hall–Kier alpha value is -1.14. The summed E-state index contributed by atoms with van der Waals surface area (Å²) in [4.78, 5) is 1.04. The molecule has 0 saturated carbocycles. The number of thioether (sulfide) groups is 1. The Morgan fingerprint density at radius 2 is 1.59 bits per heavy atom. The molecule has 0 atom stereocenters. The van der Waals surface area contributed by atoms with E-state index in [-0.39, 0.29) is 0 Å².